The summed E-state index contributed by atoms with van der Waals surface area (Å²) in [4.78, 5) is 32.3. The van der Waals surface area contributed by atoms with Crippen molar-refractivity contribution in [3.63, 3.8) is 0 Å². The van der Waals surface area contributed by atoms with Crippen LogP contribution in [0.25, 0.3) is 6.08 Å². The van der Waals surface area contributed by atoms with E-state index >= 15 is 0 Å². The normalized spacial score (nSPS) is 10.9. The first-order valence-electron chi connectivity index (χ1n) is 10.0. The number of halogens is 1. The van der Waals surface area contributed by atoms with Gasteiger partial charge in [-0.2, -0.15) is 0 Å². The lowest BCUT2D eigenvalue weighted by molar-refractivity contribution is -0.126. The Morgan fingerprint density at radius 1 is 1.10 bits per heavy atom. The molecule has 0 fully saturated rings. The van der Waals surface area contributed by atoms with E-state index in [1.807, 2.05) is 37.3 Å². The lowest BCUT2D eigenvalue weighted by Crippen LogP contribution is -2.29. The van der Waals surface area contributed by atoms with E-state index in [-0.39, 0.29) is 17.5 Å². The van der Waals surface area contributed by atoms with Crippen LogP contribution in [0.5, 0.6) is 0 Å². The fourth-order valence-corrected chi connectivity index (χ4v) is 3.95. The Kier molecular flexibility index (Phi) is 7.67. The Bertz CT molecular complexity index is 1070. The third-order valence-electron chi connectivity index (χ3n) is 4.53. The van der Waals surface area contributed by atoms with Gasteiger partial charge in [-0.25, -0.2) is 9.37 Å². The highest BCUT2D eigenvalue weighted by Crippen LogP contribution is 2.31. The molecule has 0 radical (unpaired) electrons. The Morgan fingerprint density at radius 2 is 1.81 bits per heavy atom. The summed E-state index contributed by atoms with van der Waals surface area (Å²) in [5, 5.41) is 2.08. The molecule has 0 unspecified atom stereocenters. The molecule has 3 rings (SSSR count). The fraction of sp³-hybridized carbons (Fsp3) is 0.208. The maximum atomic E-state index is 14.2. The summed E-state index contributed by atoms with van der Waals surface area (Å²) in [6.07, 6.45) is 3.96. The number of amides is 2. The molecule has 0 aliphatic carbocycles. The largest absolute Gasteiger partial charge is 0.335 e. The third-order valence-corrected chi connectivity index (χ3v) is 5.37. The number of carbonyl (C=O) groups excluding carboxylic acids is 2. The summed E-state index contributed by atoms with van der Waals surface area (Å²) in [6.45, 7) is 4.57. The Balaban J connectivity index is 1.76. The first kappa shape index (κ1) is 22.4. The van der Waals surface area contributed by atoms with Gasteiger partial charge in [0.25, 0.3) is 0 Å². The summed E-state index contributed by atoms with van der Waals surface area (Å²) in [6, 6.07) is 15.9. The molecule has 31 heavy (non-hydrogen) atoms. The average molecular weight is 438 g/mol. The maximum Gasteiger partial charge on any atom is 0.246 e. The second kappa shape index (κ2) is 10.6. The first-order chi connectivity index (χ1) is 15.0. The number of hydrogen-bond acceptors (Lipinski definition) is 4. The van der Waals surface area contributed by atoms with Crippen molar-refractivity contribution in [2.75, 3.05) is 11.4 Å². The van der Waals surface area contributed by atoms with Crippen LogP contribution in [0.4, 0.5) is 15.2 Å². The number of aromatic nitrogens is 1. The first-order valence-corrected chi connectivity index (χ1v) is 10.9. The minimum atomic E-state index is -0.503. The van der Waals surface area contributed by atoms with Crippen LogP contribution < -0.4 is 4.90 Å². The van der Waals surface area contributed by atoms with Gasteiger partial charge in [-0.1, -0.05) is 49.4 Å². The van der Waals surface area contributed by atoms with E-state index in [0.29, 0.717) is 23.9 Å². The van der Waals surface area contributed by atoms with Crippen molar-refractivity contribution in [2.24, 2.45) is 0 Å². The van der Waals surface area contributed by atoms with Crippen LogP contribution in [-0.4, -0.2) is 28.2 Å². The van der Waals surface area contributed by atoms with Crippen LogP contribution in [-0.2, 0) is 16.1 Å². The SMILES string of the molecule is CCCN(Cc1ccccc1)C(=O)/C=C/c1csc(N(C(C)=O)c2ccccc2F)n1. The van der Waals surface area contributed by atoms with Crippen molar-refractivity contribution in [1.82, 2.24) is 9.88 Å². The predicted molar refractivity (Wildman–Crippen MR) is 123 cm³/mol. The fourth-order valence-electron chi connectivity index (χ4n) is 3.10. The van der Waals surface area contributed by atoms with Crippen LogP contribution in [0.15, 0.2) is 66.1 Å². The van der Waals surface area contributed by atoms with E-state index in [4.69, 9.17) is 0 Å². The number of anilines is 2. The van der Waals surface area contributed by atoms with Gasteiger partial charge in [-0.15, -0.1) is 11.3 Å². The van der Waals surface area contributed by atoms with Crippen molar-refractivity contribution in [3.8, 4) is 0 Å². The van der Waals surface area contributed by atoms with Gasteiger partial charge in [0.05, 0.1) is 11.4 Å². The van der Waals surface area contributed by atoms with Gasteiger partial charge in [0.15, 0.2) is 5.13 Å². The Hall–Kier alpha value is -3.32. The summed E-state index contributed by atoms with van der Waals surface area (Å²) < 4.78 is 14.2. The molecule has 1 aromatic heterocycles. The highest BCUT2D eigenvalue weighted by molar-refractivity contribution is 7.14. The molecule has 0 N–H and O–H groups in total. The highest BCUT2D eigenvalue weighted by Gasteiger charge is 2.20. The van der Waals surface area contributed by atoms with Crippen LogP contribution >= 0.6 is 11.3 Å². The topological polar surface area (TPSA) is 53.5 Å². The average Bonchev–Trinajstić information content (AvgIpc) is 3.22. The number of hydrogen-bond donors (Lipinski definition) is 0. The van der Waals surface area contributed by atoms with Crippen LogP contribution in [0.2, 0.25) is 0 Å². The lowest BCUT2D eigenvalue weighted by atomic mass is 10.2. The number of carbonyl (C=O) groups is 2. The second-order valence-electron chi connectivity index (χ2n) is 6.94. The summed E-state index contributed by atoms with van der Waals surface area (Å²) in [7, 11) is 0. The number of thiazole rings is 1. The molecule has 1 heterocycles. The molecule has 7 heteroatoms. The second-order valence-corrected chi connectivity index (χ2v) is 7.78. The van der Waals surface area contributed by atoms with Gasteiger partial charge in [-0.3, -0.25) is 14.5 Å². The zero-order valence-electron chi connectivity index (χ0n) is 17.5. The minimum absolute atomic E-state index is 0.113. The molecule has 0 saturated carbocycles. The predicted octanol–water partition coefficient (Wildman–Crippen LogP) is 5.42. The van der Waals surface area contributed by atoms with Crippen molar-refractivity contribution in [2.45, 2.75) is 26.8 Å². The van der Waals surface area contributed by atoms with Crippen molar-refractivity contribution < 1.29 is 14.0 Å². The number of benzene rings is 2. The third kappa shape index (κ3) is 5.86. The minimum Gasteiger partial charge on any atom is -0.335 e. The summed E-state index contributed by atoms with van der Waals surface area (Å²) >= 11 is 1.21. The zero-order valence-corrected chi connectivity index (χ0v) is 18.3. The molecule has 2 amide bonds. The van der Waals surface area contributed by atoms with E-state index in [1.54, 1.807) is 28.5 Å². The summed E-state index contributed by atoms with van der Waals surface area (Å²) in [5.74, 6) is -0.961. The van der Waals surface area contributed by atoms with Gasteiger partial charge in [0.1, 0.15) is 5.82 Å². The molecule has 0 saturated heterocycles. The molecular weight excluding hydrogens is 413 g/mol. The Labute approximate surface area is 185 Å². The smallest absolute Gasteiger partial charge is 0.246 e. The van der Waals surface area contributed by atoms with Crippen LogP contribution in [0, 0.1) is 5.82 Å². The molecule has 0 aliphatic rings. The quantitative estimate of drug-likeness (QED) is 0.442. The molecule has 0 spiro atoms. The molecular formula is C24H24FN3O2S. The van der Waals surface area contributed by atoms with Gasteiger partial charge >= 0.3 is 0 Å². The van der Waals surface area contributed by atoms with Crippen LogP contribution in [0.1, 0.15) is 31.5 Å². The molecule has 0 aliphatic heterocycles. The van der Waals surface area contributed by atoms with Gasteiger partial charge < -0.3 is 4.90 Å². The number of para-hydroxylation sites is 1. The molecule has 0 atom stereocenters. The lowest BCUT2D eigenvalue weighted by Gasteiger charge is -2.20. The van der Waals surface area contributed by atoms with Crippen molar-refractivity contribution in [1.29, 1.82) is 0 Å². The standard InChI is InChI=1S/C24H24FN3O2S/c1-3-15-27(16-19-9-5-4-6-10-19)23(30)14-13-20-17-31-24(26-20)28(18(2)29)22-12-8-7-11-21(22)25/h4-14,17H,3,15-16H2,1-2H3/b14-13+. The Morgan fingerprint density at radius 3 is 2.48 bits per heavy atom. The van der Waals surface area contributed by atoms with E-state index in [0.717, 1.165) is 12.0 Å². The highest BCUT2D eigenvalue weighted by atomic mass is 32.1. The van der Waals surface area contributed by atoms with E-state index in [1.165, 1.54) is 41.4 Å². The van der Waals surface area contributed by atoms with E-state index in [2.05, 4.69) is 4.98 Å². The van der Waals surface area contributed by atoms with Crippen LogP contribution in [0.3, 0.4) is 0 Å². The molecule has 3 aromatic rings. The zero-order chi connectivity index (χ0) is 22.2. The van der Waals surface area contributed by atoms with Gasteiger partial charge in [0, 0.05) is 31.5 Å². The van der Waals surface area contributed by atoms with Crippen molar-refractivity contribution >= 4 is 40.0 Å². The van der Waals surface area contributed by atoms with Crippen molar-refractivity contribution in [3.05, 3.63) is 83.1 Å². The maximum absolute atomic E-state index is 14.2. The molecule has 160 valence electrons. The number of nitrogens with zero attached hydrogens (tertiary/aromatic N) is 3. The number of rotatable bonds is 8. The summed E-state index contributed by atoms with van der Waals surface area (Å²) in [5.41, 5.74) is 1.75. The van der Waals surface area contributed by atoms with E-state index < -0.39 is 5.82 Å². The molecule has 2 aromatic carbocycles. The molecule has 0 bridgehead atoms. The van der Waals surface area contributed by atoms with Gasteiger partial charge in [0.2, 0.25) is 11.8 Å². The molecule has 5 nitrogen and oxygen atoms in total. The van der Waals surface area contributed by atoms with E-state index in [9.17, 15) is 14.0 Å². The van der Waals surface area contributed by atoms with Gasteiger partial charge in [-0.05, 0) is 30.2 Å². The monoisotopic (exact) mass is 437 g/mol.